The van der Waals surface area contributed by atoms with Gasteiger partial charge in [0.2, 0.25) is 5.91 Å². The van der Waals surface area contributed by atoms with Crippen molar-refractivity contribution in [1.29, 1.82) is 0 Å². The molecule has 230 valence electrons. The van der Waals surface area contributed by atoms with Crippen LogP contribution >= 0.6 is 11.6 Å². The standard InChI is InChI=1S/C33H33ClN8O3/c1-40-21-35-20-30(40)22-3-6-26(7-4-22)38-32(43)28(39-33(44)29-10-12-37-41(29)2)18-25-17-23(5-8-27(25)34)24-9-11-36-31(19-24)42-13-15-45-16-14-42/h3-12,17,19-21,28H,13-16,18H2,1-2H3,(H,38,43)(H,39,44). The zero-order valence-corrected chi connectivity index (χ0v) is 25.7. The molecule has 1 fully saturated rings. The average molecular weight is 625 g/mol. The summed E-state index contributed by atoms with van der Waals surface area (Å²) in [7, 11) is 3.60. The summed E-state index contributed by atoms with van der Waals surface area (Å²) in [5, 5.41) is 10.4. The number of rotatable bonds is 9. The van der Waals surface area contributed by atoms with E-state index in [4.69, 9.17) is 16.3 Å². The summed E-state index contributed by atoms with van der Waals surface area (Å²) in [5.74, 6) is 0.0828. The lowest BCUT2D eigenvalue weighted by Gasteiger charge is -2.28. The Hall–Kier alpha value is -5.00. The molecule has 0 bridgehead atoms. The zero-order valence-electron chi connectivity index (χ0n) is 25.0. The van der Waals surface area contributed by atoms with Crippen LogP contribution in [0.1, 0.15) is 16.1 Å². The molecule has 0 radical (unpaired) electrons. The van der Waals surface area contributed by atoms with E-state index in [2.05, 4.69) is 30.6 Å². The minimum Gasteiger partial charge on any atom is -0.378 e. The molecule has 1 saturated heterocycles. The third-order valence-electron chi connectivity index (χ3n) is 7.82. The number of nitrogens with zero attached hydrogens (tertiary/aromatic N) is 6. The van der Waals surface area contributed by atoms with Crippen LogP contribution in [0, 0.1) is 0 Å². The van der Waals surface area contributed by atoms with Crippen LogP contribution in [0.3, 0.4) is 0 Å². The normalized spacial score (nSPS) is 13.8. The lowest BCUT2D eigenvalue weighted by Crippen LogP contribution is -2.45. The summed E-state index contributed by atoms with van der Waals surface area (Å²) in [6, 6.07) is 17.8. The average Bonchev–Trinajstić information content (AvgIpc) is 3.70. The van der Waals surface area contributed by atoms with Crippen LogP contribution in [-0.4, -0.2) is 68.5 Å². The number of aromatic nitrogens is 5. The zero-order chi connectivity index (χ0) is 31.3. The Morgan fingerprint density at radius 3 is 2.42 bits per heavy atom. The van der Waals surface area contributed by atoms with E-state index in [1.807, 2.05) is 66.2 Å². The van der Waals surface area contributed by atoms with Crippen LogP contribution in [0.5, 0.6) is 0 Å². The minimum absolute atomic E-state index is 0.163. The molecule has 12 heteroatoms. The van der Waals surface area contributed by atoms with E-state index in [0.717, 1.165) is 46.9 Å². The summed E-state index contributed by atoms with van der Waals surface area (Å²) in [4.78, 5) is 37.9. The fourth-order valence-electron chi connectivity index (χ4n) is 5.32. The number of imidazole rings is 1. The number of morpholine rings is 1. The van der Waals surface area contributed by atoms with Gasteiger partial charge in [-0.15, -0.1) is 0 Å². The van der Waals surface area contributed by atoms with Crippen molar-refractivity contribution in [1.82, 2.24) is 29.6 Å². The van der Waals surface area contributed by atoms with Crippen molar-refractivity contribution < 1.29 is 14.3 Å². The number of carbonyl (C=O) groups is 2. The lowest BCUT2D eigenvalue weighted by atomic mass is 9.99. The molecule has 5 aromatic rings. The Balaban J connectivity index is 1.25. The lowest BCUT2D eigenvalue weighted by molar-refractivity contribution is -0.118. The van der Waals surface area contributed by atoms with Gasteiger partial charge >= 0.3 is 0 Å². The monoisotopic (exact) mass is 624 g/mol. The van der Waals surface area contributed by atoms with Gasteiger partial charge in [0, 0.05) is 56.7 Å². The highest BCUT2D eigenvalue weighted by atomic mass is 35.5. The molecule has 6 rings (SSSR count). The number of hydrogen-bond acceptors (Lipinski definition) is 7. The van der Waals surface area contributed by atoms with E-state index in [1.165, 1.54) is 10.9 Å². The van der Waals surface area contributed by atoms with E-state index in [9.17, 15) is 9.59 Å². The number of nitrogens with one attached hydrogen (secondary N) is 2. The maximum Gasteiger partial charge on any atom is 0.270 e. The molecule has 2 aromatic carbocycles. The van der Waals surface area contributed by atoms with Gasteiger partial charge in [-0.2, -0.15) is 5.10 Å². The quantitative estimate of drug-likeness (QED) is 0.250. The van der Waals surface area contributed by atoms with Crippen molar-refractivity contribution in [2.75, 3.05) is 36.5 Å². The van der Waals surface area contributed by atoms with Gasteiger partial charge in [-0.25, -0.2) is 9.97 Å². The first-order chi connectivity index (χ1) is 21.9. The molecule has 0 saturated carbocycles. The van der Waals surface area contributed by atoms with Gasteiger partial charge in [0.25, 0.3) is 5.91 Å². The summed E-state index contributed by atoms with van der Waals surface area (Å²) in [6.07, 6.45) is 7.01. The Labute approximate surface area is 265 Å². The summed E-state index contributed by atoms with van der Waals surface area (Å²) in [6.45, 7) is 2.89. The maximum absolute atomic E-state index is 13.7. The molecule has 11 nitrogen and oxygen atoms in total. The van der Waals surface area contributed by atoms with E-state index in [0.29, 0.717) is 29.6 Å². The van der Waals surface area contributed by atoms with Crippen LogP contribution in [0.15, 0.2) is 85.6 Å². The van der Waals surface area contributed by atoms with Crippen molar-refractivity contribution in [2.24, 2.45) is 14.1 Å². The molecule has 2 N–H and O–H groups in total. The first-order valence-corrected chi connectivity index (χ1v) is 15.0. The highest BCUT2D eigenvalue weighted by Gasteiger charge is 2.25. The number of pyridine rings is 1. The van der Waals surface area contributed by atoms with Crippen molar-refractivity contribution in [3.63, 3.8) is 0 Å². The van der Waals surface area contributed by atoms with E-state index < -0.39 is 11.9 Å². The SMILES string of the molecule is Cn1cncc1-c1ccc(NC(=O)C(Cc2cc(-c3ccnc(N4CCOCC4)c3)ccc2Cl)NC(=O)c2ccnn2C)cc1. The molecule has 3 aromatic heterocycles. The molecule has 4 heterocycles. The number of benzene rings is 2. The van der Waals surface area contributed by atoms with Gasteiger partial charge in [0.05, 0.1) is 31.4 Å². The molecule has 2 amide bonds. The third kappa shape index (κ3) is 6.89. The second-order valence-corrected chi connectivity index (χ2v) is 11.2. The van der Waals surface area contributed by atoms with E-state index in [1.54, 1.807) is 31.8 Å². The van der Waals surface area contributed by atoms with Gasteiger partial charge in [-0.3, -0.25) is 14.3 Å². The number of amides is 2. The topological polar surface area (TPSA) is 119 Å². The number of carbonyl (C=O) groups excluding carboxylic acids is 2. The Morgan fingerprint density at radius 1 is 0.956 bits per heavy atom. The van der Waals surface area contributed by atoms with Crippen molar-refractivity contribution in [3.05, 3.63) is 102 Å². The number of halogens is 1. The molecule has 45 heavy (non-hydrogen) atoms. The molecule has 1 unspecified atom stereocenters. The van der Waals surface area contributed by atoms with Crippen LogP contribution in [0.4, 0.5) is 11.5 Å². The molecule has 0 spiro atoms. The van der Waals surface area contributed by atoms with Gasteiger partial charge in [-0.1, -0.05) is 29.8 Å². The number of aryl methyl sites for hydroxylation is 2. The summed E-state index contributed by atoms with van der Waals surface area (Å²) in [5.41, 5.74) is 5.46. The fourth-order valence-corrected chi connectivity index (χ4v) is 5.52. The van der Waals surface area contributed by atoms with Crippen molar-refractivity contribution >= 4 is 34.9 Å². The predicted molar refractivity (Wildman–Crippen MR) is 173 cm³/mol. The summed E-state index contributed by atoms with van der Waals surface area (Å²) >= 11 is 6.69. The van der Waals surface area contributed by atoms with E-state index >= 15 is 0 Å². The van der Waals surface area contributed by atoms with Gasteiger partial charge < -0.3 is 24.8 Å². The summed E-state index contributed by atoms with van der Waals surface area (Å²) < 4.78 is 8.87. The smallest absolute Gasteiger partial charge is 0.270 e. The van der Waals surface area contributed by atoms with E-state index in [-0.39, 0.29) is 12.3 Å². The Kier molecular flexibility index (Phi) is 8.90. The molecule has 1 aliphatic rings. The van der Waals surface area contributed by atoms with Crippen molar-refractivity contribution in [2.45, 2.75) is 12.5 Å². The van der Waals surface area contributed by atoms with Gasteiger partial charge in [0.1, 0.15) is 17.6 Å². The van der Waals surface area contributed by atoms with Crippen LogP contribution < -0.4 is 15.5 Å². The largest absolute Gasteiger partial charge is 0.378 e. The second kappa shape index (κ2) is 13.3. The molecule has 0 aliphatic carbocycles. The van der Waals surface area contributed by atoms with Crippen molar-refractivity contribution in [3.8, 4) is 22.4 Å². The van der Waals surface area contributed by atoms with Crippen LogP contribution in [0.25, 0.3) is 22.4 Å². The highest BCUT2D eigenvalue weighted by Crippen LogP contribution is 2.29. The number of hydrogen-bond donors (Lipinski definition) is 2. The van der Waals surface area contributed by atoms with Crippen LogP contribution in [-0.2, 0) is 30.0 Å². The first kappa shape index (κ1) is 30.0. The molecular formula is C33H33ClN8O3. The van der Waals surface area contributed by atoms with Gasteiger partial charge in [0.15, 0.2) is 0 Å². The minimum atomic E-state index is -0.932. The Bertz CT molecular complexity index is 1810. The molecule has 1 aliphatic heterocycles. The van der Waals surface area contributed by atoms with Crippen LogP contribution in [0.2, 0.25) is 5.02 Å². The molecular weight excluding hydrogens is 592 g/mol. The predicted octanol–water partition coefficient (Wildman–Crippen LogP) is 4.35. The third-order valence-corrected chi connectivity index (χ3v) is 8.19. The highest BCUT2D eigenvalue weighted by molar-refractivity contribution is 6.31. The van der Waals surface area contributed by atoms with Gasteiger partial charge in [-0.05, 0) is 64.7 Å². The number of ether oxygens (including phenoxy) is 1. The fraction of sp³-hybridized carbons (Fsp3) is 0.242. The first-order valence-electron chi connectivity index (χ1n) is 14.6. The second-order valence-electron chi connectivity index (χ2n) is 10.8. The molecule has 1 atom stereocenters. The maximum atomic E-state index is 13.7. The Morgan fingerprint density at radius 2 is 1.71 bits per heavy atom. The number of anilines is 2.